The van der Waals surface area contributed by atoms with Gasteiger partial charge in [0.15, 0.2) is 0 Å². The van der Waals surface area contributed by atoms with Gasteiger partial charge in [0.2, 0.25) is 5.91 Å². The van der Waals surface area contributed by atoms with Gasteiger partial charge in [-0.15, -0.1) is 6.58 Å². The van der Waals surface area contributed by atoms with E-state index in [1.807, 2.05) is 0 Å². The third-order valence-corrected chi connectivity index (χ3v) is 5.60. The van der Waals surface area contributed by atoms with Gasteiger partial charge in [-0.2, -0.15) is 0 Å². The van der Waals surface area contributed by atoms with Crippen LogP contribution in [0, 0.1) is 10.8 Å². The average molecular weight is 540 g/mol. The Kier molecular flexibility index (Phi) is 9.68. The van der Waals surface area contributed by atoms with Crippen molar-refractivity contribution in [2.45, 2.75) is 6.92 Å². The second-order valence-corrected chi connectivity index (χ2v) is 8.66. The fourth-order valence-electron chi connectivity index (χ4n) is 3.54. The molecule has 6 N–H and O–H groups in total. The zero-order valence-corrected chi connectivity index (χ0v) is 21.8. The Labute approximate surface area is 231 Å². The number of benzene rings is 3. The summed E-state index contributed by atoms with van der Waals surface area (Å²) >= 11 is 0. The molecule has 0 saturated heterocycles. The van der Waals surface area contributed by atoms with Crippen molar-refractivity contribution in [2.24, 2.45) is 11.5 Å². The first-order valence-electron chi connectivity index (χ1n) is 12.1. The van der Waals surface area contributed by atoms with Gasteiger partial charge in [0.1, 0.15) is 29.7 Å². The lowest BCUT2D eigenvalue weighted by atomic mass is 10.1. The van der Waals surface area contributed by atoms with Crippen LogP contribution in [0.3, 0.4) is 0 Å². The molecule has 3 aromatic rings. The molecule has 0 bridgehead atoms. The number of ether oxygens (including phenoxy) is 2. The molecule has 0 heterocycles. The lowest BCUT2D eigenvalue weighted by molar-refractivity contribution is -0.140. The van der Waals surface area contributed by atoms with E-state index in [2.05, 4.69) is 6.58 Å². The summed E-state index contributed by atoms with van der Waals surface area (Å²) in [6.07, 6.45) is 3.15. The van der Waals surface area contributed by atoms with Crippen molar-refractivity contribution in [2.75, 3.05) is 13.1 Å². The van der Waals surface area contributed by atoms with E-state index >= 15 is 0 Å². The zero-order valence-electron chi connectivity index (χ0n) is 21.8. The normalized spacial score (nSPS) is 10.8. The van der Waals surface area contributed by atoms with Gasteiger partial charge in [0, 0.05) is 23.2 Å². The van der Waals surface area contributed by atoms with E-state index in [1.54, 1.807) is 73.7 Å². The molecule has 204 valence electrons. The topological polar surface area (TPSA) is 173 Å². The molecule has 10 heteroatoms. The van der Waals surface area contributed by atoms with Crippen LogP contribution in [0.5, 0.6) is 11.5 Å². The lowest BCUT2D eigenvalue weighted by Gasteiger charge is -2.20. The highest BCUT2D eigenvalue weighted by Gasteiger charge is 2.19. The predicted molar refractivity (Wildman–Crippen MR) is 152 cm³/mol. The maximum absolute atomic E-state index is 13.1. The fraction of sp³-hybridized carbons (Fsp3) is 0.100. The van der Waals surface area contributed by atoms with Crippen LogP contribution in [0.15, 0.2) is 91.0 Å². The molecule has 0 aromatic heterocycles. The van der Waals surface area contributed by atoms with Crippen LogP contribution in [0.1, 0.15) is 34.0 Å². The molecule has 1 amide bonds. The minimum absolute atomic E-state index is 0.0832. The van der Waals surface area contributed by atoms with E-state index in [0.29, 0.717) is 33.6 Å². The number of amides is 1. The zero-order chi connectivity index (χ0) is 29.2. The fourth-order valence-corrected chi connectivity index (χ4v) is 3.54. The van der Waals surface area contributed by atoms with Gasteiger partial charge < -0.3 is 25.8 Å². The van der Waals surface area contributed by atoms with Crippen LogP contribution in [0.25, 0.3) is 6.08 Å². The number of esters is 2. The maximum atomic E-state index is 13.1. The first-order valence-corrected chi connectivity index (χ1v) is 12.1. The van der Waals surface area contributed by atoms with Crippen molar-refractivity contribution >= 4 is 35.6 Å². The molecule has 40 heavy (non-hydrogen) atoms. The van der Waals surface area contributed by atoms with Crippen molar-refractivity contribution in [3.05, 3.63) is 113 Å². The van der Waals surface area contributed by atoms with Crippen LogP contribution in [-0.4, -0.2) is 47.5 Å². The quantitative estimate of drug-likeness (QED) is 0.0721. The van der Waals surface area contributed by atoms with Gasteiger partial charge in [-0.3, -0.25) is 15.6 Å². The Bertz CT molecular complexity index is 1460. The van der Waals surface area contributed by atoms with Crippen LogP contribution in [0.4, 0.5) is 0 Å². The van der Waals surface area contributed by atoms with Crippen LogP contribution < -0.4 is 20.9 Å². The van der Waals surface area contributed by atoms with Gasteiger partial charge in [-0.1, -0.05) is 18.2 Å². The molecule has 3 aromatic carbocycles. The molecule has 0 aliphatic carbocycles. The van der Waals surface area contributed by atoms with E-state index in [0.717, 1.165) is 0 Å². The molecule has 3 rings (SSSR count). The third-order valence-electron chi connectivity index (χ3n) is 5.60. The number of amidine groups is 2. The molecule has 0 aliphatic rings. The summed E-state index contributed by atoms with van der Waals surface area (Å²) in [5.41, 5.74) is 13.2. The average Bonchev–Trinajstić information content (AvgIpc) is 2.93. The Morgan fingerprint density at radius 1 is 0.800 bits per heavy atom. The number of nitrogens with zero attached hydrogens (tertiary/aromatic N) is 1. The minimum Gasteiger partial charge on any atom is -0.425 e. The SMILES string of the molecule is C=CCN(CC(=O)Oc1ccc(C(=N)N)cc1)C(=O)C(C)=Cc1ccc(C(=O)Oc2ccc(C(=N)N)cc2)cc1. The minimum atomic E-state index is -0.641. The van der Waals surface area contributed by atoms with Gasteiger partial charge in [0.25, 0.3) is 0 Å². The number of hydrogen-bond acceptors (Lipinski definition) is 7. The molecular weight excluding hydrogens is 510 g/mol. The summed E-state index contributed by atoms with van der Waals surface area (Å²) in [7, 11) is 0. The monoisotopic (exact) mass is 539 g/mol. The summed E-state index contributed by atoms with van der Waals surface area (Å²) in [5, 5.41) is 14.8. The van der Waals surface area contributed by atoms with Crippen LogP contribution in [0.2, 0.25) is 0 Å². The van der Waals surface area contributed by atoms with E-state index in [4.69, 9.17) is 31.8 Å². The first kappa shape index (κ1) is 29.1. The molecule has 0 radical (unpaired) electrons. The summed E-state index contributed by atoms with van der Waals surface area (Å²) in [4.78, 5) is 39.3. The first-order chi connectivity index (χ1) is 19.1. The van der Waals surface area contributed by atoms with Crippen LogP contribution >= 0.6 is 0 Å². The molecule has 10 nitrogen and oxygen atoms in total. The number of nitrogen functional groups attached to an aromatic ring is 2. The summed E-state index contributed by atoms with van der Waals surface area (Å²) in [6, 6.07) is 18.9. The van der Waals surface area contributed by atoms with Gasteiger partial charge in [0.05, 0.1) is 5.56 Å². The van der Waals surface area contributed by atoms with E-state index in [1.165, 1.54) is 23.1 Å². The maximum Gasteiger partial charge on any atom is 0.343 e. The summed E-state index contributed by atoms with van der Waals surface area (Å²) < 4.78 is 10.7. The highest BCUT2D eigenvalue weighted by molar-refractivity contribution is 5.99. The molecule has 0 unspecified atom stereocenters. The van der Waals surface area contributed by atoms with Crippen molar-refractivity contribution in [3.8, 4) is 11.5 Å². The van der Waals surface area contributed by atoms with E-state index in [-0.39, 0.29) is 36.4 Å². The third kappa shape index (κ3) is 7.99. The molecule has 0 saturated carbocycles. The number of hydrogen-bond donors (Lipinski definition) is 4. The number of nitrogens with one attached hydrogen (secondary N) is 2. The number of rotatable bonds is 11. The smallest absolute Gasteiger partial charge is 0.343 e. The van der Waals surface area contributed by atoms with Crippen molar-refractivity contribution in [1.82, 2.24) is 4.90 Å². The van der Waals surface area contributed by atoms with E-state index < -0.39 is 11.9 Å². The highest BCUT2D eigenvalue weighted by Crippen LogP contribution is 2.17. The lowest BCUT2D eigenvalue weighted by Crippen LogP contribution is -2.37. The molecule has 0 aliphatic heterocycles. The second-order valence-electron chi connectivity index (χ2n) is 8.66. The van der Waals surface area contributed by atoms with Gasteiger partial charge in [-0.05, 0) is 79.2 Å². The number of nitrogens with two attached hydrogens (primary N) is 2. The Hall–Kier alpha value is -5.51. The molecule has 0 fully saturated rings. The Morgan fingerprint density at radius 2 is 1.27 bits per heavy atom. The Morgan fingerprint density at radius 3 is 1.75 bits per heavy atom. The molecule has 0 atom stereocenters. The van der Waals surface area contributed by atoms with Gasteiger partial charge >= 0.3 is 11.9 Å². The highest BCUT2D eigenvalue weighted by atomic mass is 16.5. The van der Waals surface area contributed by atoms with Crippen molar-refractivity contribution in [3.63, 3.8) is 0 Å². The van der Waals surface area contributed by atoms with Crippen molar-refractivity contribution in [1.29, 1.82) is 10.8 Å². The van der Waals surface area contributed by atoms with Crippen LogP contribution in [-0.2, 0) is 9.59 Å². The summed E-state index contributed by atoms with van der Waals surface area (Å²) in [6.45, 7) is 5.10. The number of carbonyl (C=O) groups excluding carboxylic acids is 3. The molecule has 0 spiro atoms. The second kappa shape index (κ2) is 13.3. The van der Waals surface area contributed by atoms with Gasteiger partial charge in [-0.25, -0.2) is 9.59 Å². The van der Waals surface area contributed by atoms with E-state index in [9.17, 15) is 14.4 Å². The summed E-state index contributed by atoms with van der Waals surface area (Å²) in [5.74, 6) is -1.20. The number of carbonyl (C=O) groups is 3. The van der Waals surface area contributed by atoms with Crippen molar-refractivity contribution < 1.29 is 23.9 Å². The predicted octanol–water partition coefficient (Wildman–Crippen LogP) is 3.50. The Balaban J connectivity index is 1.62. The standard InChI is InChI=1S/C30H29N5O5/c1-3-16-35(18-26(36)39-24-12-8-21(9-13-24)27(31)32)29(37)19(2)17-20-4-6-23(7-5-20)30(38)40-25-14-10-22(11-15-25)28(33)34/h3-15,17H,1,16,18H2,2H3,(H3,31,32)(H3,33,34). The molecular formula is C30H29N5O5. The largest absolute Gasteiger partial charge is 0.425 e.